The Balaban J connectivity index is 2.09. The summed E-state index contributed by atoms with van der Waals surface area (Å²) in [5.74, 6) is 0.524. The number of furan rings is 1. The van der Waals surface area contributed by atoms with Crippen LogP contribution in [0.15, 0.2) is 27.9 Å². The summed E-state index contributed by atoms with van der Waals surface area (Å²) in [7, 11) is 0. The van der Waals surface area contributed by atoms with E-state index in [-0.39, 0.29) is 0 Å². The molecule has 2 heterocycles. The van der Waals surface area contributed by atoms with Crippen LogP contribution in [0.5, 0.6) is 0 Å². The van der Waals surface area contributed by atoms with Crippen LogP contribution in [0.1, 0.15) is 12.7 Å². The second-order valence-electron chi connectivity index (χ2n) is 3.12. The molecule has 0 saturated carbocycles. The van der Waals surface area contributed by atoms with E-state index in [1.807, 2.05) is 0 Å². The minimum Gasteiger partial charge on any atom is -0.463 e. The number of ether oxygens (including phenoxy) is 1. The van der Waals surface area contributed by atoms with Gasteiger partial charge in [0.1, 0.15) is 11.8 Å². The summed E-state index contributed by atoms with van der Waals surface area (Å²) in [6.07, 6.45) is 1.08. The van der Waals surface area contributed by atoms with Gasteiger partial charge < -0.3 is 14.3 Å². The minimum atomic E-state index is -1.13. The van der Waals surface area contributed by atoms with E-state index in [9.17, 15) is 9.90 Å². The Hall–Kier alpha value is -1.82. The maximum Gasteiger partial charge on any atom is 0.433 e. The van der Waals surface area contributed by atoms with Gasteiger partial charge in [0.15, 0.2) is 0 Å². The van der Waals surface area contributed by atoms with Crippen molar-refractivity contribution >= 4 is 12.3 Å². The Bertz CT molecular complexity index is 373. The molecule has 6 nitrogen and oxygen atoms in total. The van der Waals surface area contributed by atoms with Gasteiger partial charge in [-0.05, 0) is 19.1 Å². The van der Waals surface area contributed by atoms with Crippen LogP contribution in [0.2, 0.25) is 0 Å². The van der Waals surface area contributed by atoms with Gasteiger partial charge in [0, 0.05) is 0 Å². The van der Waals surface area contributed by atoms with Gasteiger partial charge in [-0.15, -0.1) is 0 Å². The summed E-state index contributed by atoms with van der Waals surface area (Å²) in [5.41, 5.74) is 0. The summed E-state index contributed by atoms with van der Waals surface area (Å²) >= 11 is 0. The zero-order chi connectivity index (χ0) is 10.8. The number of amides is 1. The first-order valence-electron chi connectivity index (χ1n) is 4.44. The summed E-state index contributed by atoms with van der Waals surface area (Å²) in [6.45, 7) is 1.63. The third kappa shape index (κ3) is 1.84. The van der Waals surface area contributed by atoms with Gasteiger partial charge >= 0.3 is 6.09 Å². The van der Waals surface area contributed by atoms with Crippen LogP contribution >= 0.6 is 0 Å². The maximum absolute atomic E-state index is 11.2. The standard InChI is InChI=1S/C9H10N2O4/c1-6-8(12)15-9(13)11(6)10-5-7-3-2-4-14-7/h2-6,8,12H,1H3. The van der Waals surface area contributed by atoms with E-state index in [2.05, 4.69) is 9.84 Å². The SMILES string of the molecule is CC1C(O)OC(=O)N1N=Cc1ccco1. The molecular formula is C9H10N2O4. The van der Waals surface area contributed by atoms with E-state index in [4.69, 9.17) is 4.42 Å². The predicted molar refractivity (Wildman–Crippen MR) is 50.1 cm³/mol. The van der Waals surface area contributed by atoms with E-state index >= 15 is 0 Å². The molecule has 1 N–H and O–H groups in total. The average Bonchev–Trinajstić information content (AvgIpc) is 2.76. The van der Waals surface area contributed by atoms with E-state index in [0.29, 0.717) is 5.76 Å². The van der Waals surface area contributed by atoms with Gasteiger partial charge in [-0.1, -0.05) is 0 Å². The molecule has 0 aromatic carbocycles. The quantitative estimate of drug-likeness (QED) is 0.731. The van der Waals surface area contributed by atoms with Crippen LogP contribution in [-0.2, 0) is 4.74 Å². The van der Waals surface area contributed by atoms with Crippen molar-refractivity contribution in [1.82, 2.24) is 5.01 Å². The summed E-state index contributed by atoms with van der Waals surface area (Å²) in [4.78, 5) is 11.2. The Morgan fingerprint density at radius 3 is 3.00 bits per heavy atom. The van der Waals surface area contributed by atoms with Crippen LogP contribution in [-0.4, -0.2) is 34.8 Å². The number of aliphatic hydroxyl groups is 1. The van der Waals surface area contributed by atoms with Crippen molar-refractivity contribution in [1.29, 1.82) is 0 Å². The zero-order valence-corrected chi connectivity index (χ0v) is 8.03. The molecule has 0 radical (unpaired) electrons. The van der Waals surface area contributed by atoms with Gasteiger partial charge in [-0.25, -0.2) is 4.79 Å². The lowest BCUT2D eigenvalue weighted by Gasteiger charge is -2.11. The van der Waals surface area contributed by atoms with Crippen molar-refractivity contribution in [3.8, 4) is 0 Å². The number of hydrogen-bond donors (Lipinski definition) is 1. The van der Waals surface area contributed by atoms with Crippen molar-refractivity contribution in [2.45, 2.75) is 19.3 Å². The molecule has 1 fully saturated rings. The molecule has 0 bridgehead atoms. The van der Waals surface area contributed by atoms with Gasteiger partial charge in [-0.3, -0.25) is 0 Å². The summed E-state index contributed by atoms with van der Waals surface area (Å²) in [6, 6.07) is 2.91. The molecule has 1 aliphatic rings. The second kappa shape index (κ2) is 3.74. The molecule has 1 aromatic heterocycles. The average molecular weight is 210 g/mol. The second-order valence-corrected chi connectivity index (χ2v) is 3.12. The first-order chi connectivity index (χ1) is 7.18. The number of hydrogen-bond acceptors (Lipinski definition) is 5. The number of carbonyl (C=O) groups excluding carboxylic acids is 1. The van der Waals surface area contributed by atoms with Gasteiger partial charge in [-0.2, -0.15) is 10.1 Å². The highest BCUT2D eigenvalue weighted by molar-refractivity contribution is 5.78. The third-order valence-corrected chi connectivity index (χ3v) is 2.06. The Kier molecular flexibility index (Phi) is 2.42. The molecule has 1 amide bonds. The summed E-state index contributed by atoms with van der Waals surface area (Å²) in [5, 5.41) is 14.1. The summed E-state index contributed by atoms with van der Waals surface area (Å²) < 4.78 is 9.55. The van der Waals surface area contributed by atoms with Gasteiger partial charge in [0.05, 0.1) is 12.5 Å². The van der Waals surface area contributed by atoms with Crippen molar-refractivity contribution in [3.05, 3.63) is 24.2 Å². The monoisotopic (exact) mass is 210 g/mol. The van der Waals surface area contributed by atoms with E-state index < -0.39 is 18.4 Å². The van der Waals surface area contributed by atoms with Crippen LogP contribution in [0.3, 0.4) is 0 Å². The smallest absolute Gasteiger partial charge is 0.433 e. The first-order valence-corrected chi connectivity index (χ1v) is 4.44. The van der Waals surface area contributed by atoms with Crippen molar-refractivity contribution in [2.24, 2.45) is 5.10 Å². The largest absolute Gasteiger partial charge is 0.463 e. The number of aliphatic hydroxyl groups excluding tert-OH is 1. The Morgan fingerprint density at radius 1 is 1.67 bits per heavy atom. The van der Waals surface area contributed by atoms with Crippen molar-refractivity contribution in [3.63, 3.8) is 0 Å². The van der Waals surface area contributed by atoms with E-state index in [1.54, 1.807) is 19.1 Å². The van der Waals surface area contributed by atoms with Gasteiger partial charge in [0.2, 0.25) is 6.29 Å². The normalized spacial score (nSPS) is 26.3. The Morgan fingerprint density at radius 2 is 2.47 bits per heavy atom. The highest BCUT2D eigenvalue weighted by Gasteiger charge is 2.37. The molecule has 1 saturated heterocycles. The third-order valence-electron chi connectivity index (χ3n) is 2.06. The number of cyclic esters (lactones) is 1. The Labute approximate surface area is 85.7 Å². The zero-order valence-electron chi connectivity index (χ0n) is 8.03. The van der Waals surface area contributed by atoms with Crippen LogP contribution in [0, 0.1) is 0 Å². The number of rotatable bonds is 2. The first kappa shape index (κ1) is 9.72. The van der Waals surface area contributed by atoms with Gasteiger partial charge in [0.25, 0.3) is 0 Å². The van der Waals surface area contributed by atoms with Crippen LogP contribution < -0.4 is 0 Å². The molecule has 15 heavy (non-hydrogen) atoms. The number of nitrogens with zero attached hydrogens (tertiary/aromatic N) is 2. The lowest BCUT2D eigenvalue weighted by Crippen LogP contribution is -2.29. The van der Waals surface area contributed by atoms with E-state index in [0.717, 1.165) is 5.01 Å². The molecule has 1 aromatic rings. The van der Waals surface area contributed by atoms with Crippen molar-refractivity contribution < 1.29 is 19.1 Å². The fourth-order valence-corrected chi connectivity index (χ4v) is 1.18. The molecule has 2 atom stereocenters. The minimum absolute atomic E-state index is 0.497. The maximum atomic E-state index is 11.2. The molecular weight excluding hydrogens is 200 g/mol. The van der Waals surface area contributed by atoms with Crippen molar-refractivity contribution in [2.75, 3.05) is 0 Å². The van der Waals surface area contributed by atoms with Crippen LogP contribution in [0.25, 0.3) is 0 Å². The molecule has 6 heteroatoms. The fourth-order valence-electron chi connectivity index (χ4n) is 1.18. The molecule has 0 spiro atoms. The number of hydrazone groups is 1. The lowest BCUT2D eigenvalue weighted by atomic mass is 10.3. The number of carbonyl (C=O) groups is 1. The lowest BCUT2D eigenvalue weighted by molar-refractivity contribution is -0.0344. The highest BCUT2D eigenvalue weighted by Crippen LogP contribution is 2.17. The molecule has 1 aliphatic heterocycles. The van der Waals surface area contributed by atoms with E-state index in [1.165, 1.54) is 12.5 Å². The molecule has 2 unspecified atom stereocenters. The molecule has 80 valence electrons. The molecule has 2 rings (SSSR count). The topological polar surface area (TPSA) is 75.3 Å². The fraction of sp³-hybridized carbons (Fsp3) is 0.333. The molecule has 0 aliphatic carbocycles. The van der Waals surface area contributed by atoms with Crippen LogP contribution in [0.4, 0.5) is 4.79 Å². The predicted octanol–water partition coefficient (Wildman–Crippen LogP) is 0.773. The highest BCUT2D eigenvalue weighted by atomic mass is 16.7.